The average molecular weight is 206 g/mol. The molecule has 0 saturated heterocycles. The van der Waals surface area contributed by atoms with E-state index >= 15 is 0 Å². The van der Waals surface area contributed by atoms with Crippen molar-refractivity contribution in [2.75, 3.05) is 23.3 Å². The van der Waals surface area contributed by atoms with Crippen molar-refractivity contribution in [3.63, 3.8) is 0 Å². The minimum atomic E-state index is 0.111. The van der Waals surface area contributed by atoms with Crippen LogP contribution in [0.15, 0.2) is 18.2 Å². The molecular formula is C12H18N2O. The highest BCUT2D eigenvalue weighted by Gasteiger charge is 2.19. The number of fused-ring (bicyclic) bond motifs is 1. The second-order valence-electron chi connectivity index (χ2n) is 4.09. The van der Waals surface area contributed by atoms with Gasteiger partial charge >= 0.3 is 0 Å². The number of likely N-dealkylation sites (N-methyl/N-ethyl adjacent to an activating group) is 1. The lowest BCUT2D eigenvalue weighted by atomic mass is 10.1. The van der Waals surface area contributed by atoms with Gasteiger partial charge in [-0.1, -0.05) is 6.07 Å². The molecule has 3 heteroatoms. The summed E-state index contributed by atoms with van der Waals surface area (Å²) >= 11 is 0. The Morgan fingerprint density at radius 2 is 2.33 bits per heavy atom. The molecule has 1 unspecified atom stereocenters. The Morgan fingerprint density at radius 3 is 3.00 bits per heavy atom. The van der Waals surface area contributed by atoms with E-state index in [4.69, 9.17) is 5.11 Å². The quantitative estimate of drug-likeness (QED) is 0.774. The van der Waals surface area contributed by atoms with Gasteiger partial charge in [0.25, 0.3) is 0 Å². The van der Waals surface area contributed by atoms with E-state index in [0.29, 0.717) is 6.04 Å². The van der Waals surface area contributed by atoms with Gasteiger partial charge in [-0.3, -0.25) is 0 Å². The van der Waals surface area contributed by atoms with Crippen molar-refractivity contribution in [1.29, 1.82) is 0 Å². The molecule has 1 aromatic carbocycles. The number of nitrogens with one attached hydrogen (secondary N) is 1. The van der Waals surface area contributed by atoms with Gasteiger partial charge in [-0.15, -0.1) is 0 Å². The molecule has 0 bridgehead atoms. The van der Waals surface area contributed by atoms with E-state index in [1.165, 1.54) is 11.4 Å². The summed E-state index contributed by atoms with van der Waals surface area (Å²) in [6, 6.07) is 6.58. The first kappa shape index (κ1) is 10.3. The molecule has 1 aromatic rings. The van der Waals surface area contributed by atoms with Crippen LogP contribution in [0.25, 0.3) is 0 Å². The first-order chi connectivity index (χ1) is 7.24. The van der Waals surface area contributed by atoms with Crippen molar-refractivity contribution in [2.24, 2.45) is 0 Å². The van der Waals surface area contributed by atoms with E-state index in [1.54, 1.807) is 0 Å². The maximum Gasteiger partial charge on any atom is 0.0682 e. The number of aliphatic hydroxyl groups is 1. The lowest BCUT2D eigenvalue weighted by Gasteiger charge is -2.35. The monoisotopic (exact) mass is 206 g/mol. The van der Waals surface area contributed by atoms with E-state index in [-0.39, 0.29) is 6.61 Å². The number of aliphatic hydroxyl groups excluding tert-OH is 1. The fourth-order valence-electron chi connectivity index (χ4n) is 2.10. The molecule has 82 valence electrons. The summed E-state index contributed by atoms with van der Waals surface area (Å²) in [6.45, 7) is 6.49. The van der Waals surface area contributed by atoms with Crippen molar-refractivity contribution in [2.45, 2.75) is 26.5 Å². The first-order valence-electron chi connectivity index (χ1n) is 5.50. The Labute approximate surface area is 90.7 Å². The Bertz CT molecular complexity index is 351. The van der Waals surface area contributed by atoms with Crippen molar-refractivity contribution >= 4 is 11.4 Å². The molecule has 2 N–H and O–H groups in total. The van der Waals surface area contributed by atoms with Crippen LogP contribution in [0.4, 0.5) is 11.4 Å². The molecule has 1 aliphatic rings. The van der Waals surface area contributed by atoms with Crippen LogP contribution in [0.3, 0.4) is 0 Å². The Morgan fingerprint density at radius 1 is 1.53 bits per heavy atom. The third kappa shape index (κ3) is 1.92. The van der Waals surface area contributed by atoms with Crippen LogP contribution in [0.1, 0.15) is 19.4 Å². The van der Waals surface area contributed by atoms with Gasteiger partial charge in [-0.05, 0) is 31.5 Å². The summed E-state index contributed by atoms with van der Waals surface area (Å²) in [4.78, 5) is 2.34. The van der Waals surface area contributed by atoms with Gasteiger partial charge in [-0.25, -0.2) is 0 Å². The zero-order chi connectivity index (χ0) is 10.8. The maximum atomic E-state index is 9.11. The molecule has 0 fully saturated rings. The molecule has 15 heavy (non-hydrogen) atoms. The highest BCUT2D eigenvalue weighted by Crippen LogP contribution is 2.31. The zero-order valence-corrected chi connectivity index (χ0v) is 9.33. The SMILES string of the molecule is CCN1CC(C)Nc2ccc(CO)cc21. The molecule has 0 spiro atoms. The maximum absolute atomic E-state index is 9.11. The number of anilines is 2. The third-order valence-electron chi connectivity index (χ3n) is 2.86. The minimum Gasteiger partial charge on any atom is -0.392 e. The third-order valence-corrected chi connectivity index (χ3v) is 2.86. The van der Waals surface area contributed by atoms with Gasteiger partial charge < -0.3 is 15.3 Å². The summed E-state index contributed by atoms with van der Waals surface area (Å²) in [5.74, 6) is 0. The van der Waals surface area contributed by atoms with Gasteiger partial charge in [0.15, 0.2) is 0 Å². The minimum absolute atomic E-state index is 0.111. The molecule has 1 heterocycles. The highest BCUT2D eigenvalue weighted by atomic mass is 16.3. The van der Waals surface area contributed by atoms with Crippen molar-refractivity contribution in [3.8, 4) is 0 Å². The summed E-state index contributed by atoms with van der Waals surface area (Å²) < 4.78 is 0. The van der Waals surface area contributed by atoms with Gasteiger partial charge in [0.1, 0.15) is 0 Å². The molecule has 0 amide bonds. The van der Waals surface area contributed by atoms with E-state index in [9.17, 15) is 0 Å². The topological polar surface area (TPSA) is 35.5 Å². The second-order valence-corrected chi connectivity index (χ2v) is 4.09. The van der Waals surface area contributed by atoms with Crippen molar-refractivity contribution in [1.82, 2.24) is 0 Å². The van der Waals surface area contributed by atoms with Gasteiger partial charge in [0.05, 0.1) is 18.0 Å². The van der Waals surface area contributed by atoms with E-state index in [0.717, 1.165) is 18.7 Å². The summed E-state index contributed by atoms with van der Waals surface area (Å²) in [6.07, 6.45) is 0. The van der Waals surface area contributed by atoms with Crippen molar-refractivity contribution in [3.05, 3.63) is 23.8 Å². The lowest BCUT2D eigenvalue weighted by molar-refractivity contribution is 0.282. The van der Waals surface area contributed by atoms with E-state index < -0.39 is 0 Å². The van der Waals surface area contributed by atoms with Gasteiger partial charge in [0, 0.05) is 19.1 Å². The van der Waals surface area contributed by atoms with Crippen LogP contribution in [0.2, 0.25) is 0 Å². The van der Waals surface area contributed by atoms with Crippen LogP contribution in [-0.2, 0) is 6.61 Å². The highest BCUT2D eigenvalue weighted by molar-refractivity contribution is 5.73. The molecule has 0 radical (unpaired) electrons. The molecule has 1 aliphatic heterocycles. The number of benzene rings is 1. The standard InChI is InChI=1S/C12H18N2O/c1-3-14-7-9(2)13-11-5-4-10(8-15)6-12(11)14/h4-6,9,13,15H,3,7-8H2,1-2H3. The number of rotatable bonds is 2. The van der Waals surface area contributed by atoms with Gasteiger partial charge in [0.2, 0.25) is 0 Å². The Hall–Kier alpha value is -1.22. The molecule has 0 aliphatic carbocycles. The summed E-state index contributed by atoms with van der Waals surface area (Å²) in [5.41, 5.74) is 3.36. The zero-order valence-electron chi connectivity index (χ0n) is 9.33. The smallest absolute Gasteiger partial charge is 0.0682 e. The van der Waals surface area contributed by atoms with E-state index in [1.807, 2.05) is 6.07 Å². The predicted octanol–water partition coefficient (Wildman–Crippen LogP) is 1.82. The van der Waals surface area contributed by atoms with Gasteiger partial charge in [-0.2, -0.15) is 0 Å². The molecular weight excluding hydrogens is 188 g/mol. The Balaban J connectivity index is 2.38. The molecule has 2 rings (SSSR count). The van der Waals surface area contributed by atoms with Crippen LogP contribution >= 0.6 is 0 Å². The largest absolute Gasteiger partial charge is 0.392 e. The fraction of sp³-hybridized carbons (Fsp3) is 0.500. The molecule has 1 atom stereocenters. The fourth-order valence-corrected chi connectivity index (χ4v) is 2.10. The Kier molecular flexibility index (Phi) is 2.82. The van der Waals surface area contributed by atoms with Crippen LogP contribution in [0, 0.1) is 0 Å². The van der Waals surface area contributed by atoms with Crippen LogP contribution < -0.4 is 10.2 Å². The first-order valence-corrected chi connectivity index (χ1v) is 5.50. The number of hydrogen-bond donors (Lipinski definition) is 2. The number of nitrogens with zero attached hydrogens (tertiary/aromatic N) is 1. The van der Waals surface area contributed by atoms with E-state index in [2.05, 4.69) is 36.2 Å². The summed E-state index contributed by atoms with van der Waals surface area (Å²) in [7, 11) is 0. The number of hydrogen-bond acceptors (Lipinski definition) is 3. The lowest BCUT2D eigenvalue weighted by Crippen LogP contribution is -2.39. The molecule has 0 saturated carbocycles. The molecule has 3 nitrogen and oxygen atoms in total. The van der Waals surface area contributed by atoms with Crippen molar-refractivity contribution < 1.29 is 5.11 Å². The average Bonchev–Trinajstić information content (AvgIpc) is 2.27. The summed E-state index contributed by atoms with van der Waals surface area (Å²) in [5, 5.41) is 12.6. The predicted molar refractivity (Wildman–Crippen MR) is 63.3 cm³/mol. The molecule has 0 aromatic heterocycles. The second kappa shape index (κ2) is 4.11. The normalized spacial score (nSPS) is 19.7. The van der Waals surface area contributed by atoms with Crippen LogP contribution in [0.5, 0.6) is 0 Å². The van der Waals surface area contributed by atoms with Crippen LogP contribution in [-0.4, -0.2) is 24.2 Å².